The van der Waals surface area contributed by atoms with Gasteiger partial charge in [0.05, 0.1) is 0 Å². The first-order valence-corrected chi connectivity index (χ1v) is 4.61. The molecule has 0 aromatic heterocycles. The van der Waals surface area contributed by atoms with E-state index in [2.05, 4.69) is 4.89 Å². The molecule has 0 fully saturated rings. The van der Waals surface area contributed by atoms with Gasteiger partial charge in [-0.1, -0.05) is 24.3 Å². The molecule has 2 aromatic carbocycles. The SMILES string of the molecule is OC1=Cc2cc3ccccc3cc2OO1. The molecule has 0 amide bonds. The minimum atomic E-state index is -0.224. The topological polar surface area (TPSA) is 38.7 Å². The Kier molecular flexibility index (Phi) is 1.59. The molecule has 15 heavy (non-hydrogen) atoms. The fourth-order valence-corrected chi connectivity index (χ4v) is 1.67. The molecule has 0 atom stereocenters. The van der Waals surface area contributed by atoms with Crippen LogP contribution in [0.3, 0.4) is 0 Å². The molecule has 1 N–H and O–H groups in total. The molecule has 0 unspecified atom stereocenters. The Balaban J connectivity index is 2.30. The van der Waals surface area contributed by atoms with Crippen LogP contribution in [0.1, 0.15) is 5.56 Å². The van der Waals surface area contributed by atoms with Crippen LogP contribution in [0, 0.1) is 0 Å². The smallest absolute Gasteiger partial charge is 0.328 e. The van der Waals surface area contributed by atoms with Gasteiger partial charge in [0.25, 0.3) is 0 Å². The summed E-state index contributed by atoms with van der Waals surface area (Å²) >= 11 is 0. The van der Waals surface area contributed by atoms with Crippen molar-refractivity contribution in [2.75, 3.05) is 0 Å². The molecule has 0 spiro atoms. The van der Waals surface area contributed by atoms with Crippen molar-refractivity contribution in [2.45, 2.75) is 0 Å². The Morgan fingerprint density at radius 2 is 1.67 bits per heavy atom. The van der Waals surface area contributed by atoms with Crippen LogP contribution in [0.4, 0.5) is 0 Å². The van der Waals surface area contributed by atoms with E-state index in [1.807, 2.05) is 36.4 Å². The van der Waals surface area contributed by atoms with Crippen molar-refractivity contribution in [3.8, 4) is 5.75 Å². The summed E-state index contributed by atoms with van der Waals surface area (Å²) in [6.45, 7) is 0. The van der Waals surface area contributed by atoms with E-state index in [1.54, 1.807) is 0 Å². The van der Waals surface area contributed by atoms with Crippen LogP contribution in [0.2, 0.25) is 0 Å². The van der Waals surface area contributed by atoms with Crippen molar-refractivity contribution in [3.63, 3.8) is 0 Å². The summed E-state index contributed by atoms with van der Waals surface area (Å²) in [5.41, 5.74) is 0.817. The first-order valence-electron chi connectivity index (χ1n) is 4.61. The highest BCUT2D eigenvalue weighted by atomic mass is 17.2. The van der Waals surface area contributed by atoms with Gasteiger partial charge in [-0.25, -0.2) is 0 Å². The van der Waals surface area contributed by atoms with E-state index in [1.165, 1.54) is 6.08 Å². The zero-order valence-electron chi connectivity index (χ0n) is 7.81. The van der Waals surface area contributed by atoms with Crippen LogP contribution in [-0.4, -0.2) is 5.11 Å². The molecule has 74 valence electrons. The predicted octanol–water partition coefficient (Wildman–Crippen LogP) is 3.02. The monoisotopic (exact) mass is 200 g/mol. The second kappa shape index (κ2) is 2.92. The second-order valence-electron chi connectivity index (χ2n) is 3.39. The number of aliphatic hydroxyl groups is 1. The van der Waals surface area contributed by atoms with Crippen LogP contribution in [-0.2, 0) is 4.89 Å². The van der Waals surface area contributed by atoms with Crippen molar-refractivity contribution < 1.29 is 14.9 Å². The summed E-state index contributed by atoms with van der Waals surface area (Å²) in [5, 5.41) is 11.3. The van der Waals surface area contributed by atoms with Gasteiger partial charge in [-0.05, 0) is 22.9 Å². The summed E-state index contributed by atoms with van der Waals surface area (Å²) in [6.07, 6.45) is 1.53. The van der Waals surface area contributed by atoms with Crippen molar-refractivity contribution in [1.29, 1.82) is 0 Å². The summed E-state index contributed by atoms with van der Waals surface area (Å²) in [5.74, 6) is 0.393. The van der Waals surface area contributed by atoms with Crippen molar-refractivity contribution in [3.05, 3.63) is 47.9 Å². The maximum absolute atomic E-state index is 9.14. The number of benzene rings is 2. The summed E-state index contributed by atoms with van der Waals surface area (Å²) in [7, 11) is 0. The molecule has 2 aromatic rings. The zero-order chi connectivity index (χ0) is 10.3. The Morgan fingerprint density at radius 3 is 2.47 bits per heavy atom. The first-order chi connectivity index (χ1) is 7.33. The second-order valence-corrected chi connectivity index (χ2v) is 3.39. The Hall–Kier alpha value is -2.16. The number of hydrogen-bond acceptors (Lipinski definition) is 3. The largest absolute Gasteiger partial charge is 0.478 e. The van der Waals surface area contributed by atoms with E-state index in [-0.39, 0.29) is 5.95 Å². The molecule has 3 heteroatoms. The molecule has 0 saturated heterocycles. The van der Waals surface area contributed by atoms with Crippen LogP contribution >= 0.6 is 0 Å². The fraction of sp³-hybridized carbons (Fsp3) is 0. The van der Waals surface area contributed by atoms with Gasteiger partial charge in [0.15, 0.2) is 5.75 Å². The summed E-state index contributed by atoms with van der Waals surface area (Å²) in [6, 6.07) is 11.8. The quantitative estimate of drug-likeness (QED) is 0.664. The van der Waals surface area contributed by atoms with Crippen LogP contribution in [0.5, 0.6) is 5.75 Å². The molecule has 1 aliphatic rings. The number of fused-ring (bicyclic) bond motifs is 2. The lowest BCUT2D eigenvalue weighted by Gasteiger charge is -2.13. The lowest BCUT2D eigenvalue weighted by atomic mass is 10.1. The molecule has 0 radical (unpaired) electrons. The highest BCUT2D eigenvalue weighted by molar-refractivity contribution is 5.87. The number of rotatable bonds is 0. The van der Waals surface area contributed by atoms with E-state index in [4.69, 9.17) is 9.99 Å². The molecule has 0 saturated carbocycles. The summed E-state index contributed by atoms with van der Waals surface area (Å²) in [4.78, 5) is 9.50. The van der Waals surface area contributed by atoms with E-state index in [0.29, 0.717) is 5.75 Å². The molecule has 3 rings (SSSR count). The molecule has 0 aliphatic carbocycles. The Labute approximate surface area is 86.1 Å². The van der Waals surface area contributed by atoms with Gasteiger partial charge in [0.2, 0.25) is 0 Å². The van der Waals surface area contributed by atoms with Crippen LogP contribution in [0.15, 0.2) is 42.3 Å². The Morgan fingerprint density at radius 1 is 0.933 bits per heavy atom. The normalized spacial score (nSPS) is 13.7. The highest BCUT2D eigenvalue weighted by Crippen LogP contribution is 2.30. The van der Waals surface area contributed by atoms with Gasteiger partial charge in [-0.2, -0.15) is 0 Å². The maximum atomic E-state index is 9.14. The van der Waals surface area contributed by atoms with Crippen molar-refractivity contribution in [2.24, 2.45) is 0 Å². The molecular formula is C12H8O3. The van der Waals surface area contributed by atoms with Gasteiger partial charge in [0.1, 0.15) is 0 Å². The zero-order valence-corrected chi connectivity index (χ0v) is 7.81. The molecule has 1 aliphatic heterocycles. The highest BCUT2D eigenvalue weighted by Gasteiger charge is 2.13. The minimum Gasteiger partial charge on any atom is -0.478 e. The third-order valence-corrected chi connectivity index (χ3v) is 2.37. The lowest BCUT2D eigenvalue weighted by Crippen LogP contribution is -2.03. The van der Waals surface area contributed by atoms with Crippen LogP contribution < -0.4 is 4.89 Å². The van der Waals surface area contributed by atoms with Crippen LogP contribution in [0.25, 0.3) is 16.8 Å². The maximum Gasteiger partial charge on any atom is 0.328 e. The average molecular weight is 200 g/mol. The summed E-state index contributed by atoms with van der Waals surface area (Å²) < 4.78 is 0. The standard InChI is InChI=1S/C12H8O3/c13-12-7-10-5-8-3-1-2-4-9(8)6-11(10)14-15-12/h1-7,13H. The molecule has 0 bridgehead atoms. The Bertz CT molecular complexity index is 558. The number of aliphatic hydroxyl groups excluding tert-OH is 1. The van der Waals surface area contributed by atoms with E-state index in [9.17, 15) is 0 Å². The lowest BCUT2D eigenvalue weighted by molar-refractivity contribution is -0.202. The van der Waals surface area contributed by atoms with Gasteiger partial charge in [0, 0.05) is 11.6 Å². The molecule has 1 heterocycles. The van der Waals surface area contributed by atoms with Gasteiger partial charge >= 0.3 is 5.95 Å². The fourth-order valence-electron chi connectivity index (χ4n) is 1.67. The van der Waals surface area contributed by atoms with Crippen molar-refractivity contribution in [1.82, 2.24) is 0 Å². The van der Waals surface area contributed by atoms with E-state index < -0.39 is 0 Å². The predicted molar refractivity (Wildman–Crippen MR) is 56.3 cm³/mol. The van der Waals surface area contributed by atoms with Gasteiger partial charge < -0.3 is 5.11 Å². The first kappa shape index (κ1) is 8.17. The average Bonchev–Trinajstić information content (AvgIpc) is 2.26. The minimum absolute atomic E-state index is 0.224. The van der Waals surface area contributed by atoms with E-state index >= 15 is 0 Å². The van der Waals surface area contributed by atoms with E-state index in [0.717, 1.165) is 16.3 Å². The van der Waals surface area contributed by atoms with Crippen molar-refractivity contribution >= 4 is 16.8 Å². The van der Waals surface area contributed by atoms with Gasteiger partial charge in [-0.15, -0.1) is 0 Å². The molecular weight excluding hydrogens is 192 g/mol. The molecule has 3 nitrogen and oxygen atoms in total. The third-order valence-electron chi connectivity index (χ3n) is 2.37. The number of hydrogen-bond donors (Lipinski definition) is 1. The third kappa shape index (κ3) is 1.29. The van der Waals surface area contributed by atoms with Gasteiger partial charge in [-0.3, -0.25) is 9.78 Å².